The predicted octanol–water partition coefficient (Wildman–Crippen LogP) is 2.90. The van der Waals surface area contributed by atoms with Crippen LogP contribution in [0.2, 0.25) is 0 Å². The second-order valence-corrected chi connectivity index (χ2v) is 5.63. The Labute approximate surface area is 126 Å². The molecule has 0 spiro atoms. The van der Waals surface area contributed by atoms with Gasteiger partial charge in [-0.3, -0.25) is 9.88 Å². The van der Waals surface area contributed by atoms with Crippen LogP contribution in [-0.2, 0) is 6.54 Å². The van der Waals surface area contributed by atoms with Gasteiger partial charge in [-0.25, -0.2) is 4.98 Å². The third-order valence-electron chi connectivity index (χ3n) is 4.11. The standard InChI is InChI=1S/C17H22N4/c1-18-17-6-2-5-16(20-17)15-4-3-11-21(13-15)12-14-7-9-19-10-8-14/h2,5-10,15H,3-4,11-13H2,1H3,(H,18,20). The third kappa shape index (κ3) is 3.58. The van der Waals surface area contributed by atoms with Crippen molar-refractivity contribution in [1.29, 1.82) is 0 Å². The molecule has 3 rings (SSSR count). The maximum absolute atomic E-state index is 4.71. The fourth-order valence-electron chi connectivity index (χ4n) is 3.01. The minimum atomic E-state index is 0.536. The molecule has 1 aliphatic heterocycles. The minimum absolute atomic E-state index is 0.536. The number of nitrogens with zero attached hydrogens (tertiary/aromatic N) is 3. The predicted molar refractivity (Wildman–Crippen MR) is 85.3 cm³/mol. The highest BCUT2D eigenvalue weighted by Gasteiger charge is 2.22. The first kappa shape index (κ1) is 14.0. The Kier molecular flexibility index (Phi) is 4.46. The van der Waals surface area contributed by atoms with E-state index < -0.39 is 0 Å². The first-order valence-electron chi connectivity index (χ1n) is 7.61. The van der Waals surface area contributed by atoms with Gasteiger partial charge < -0.3 is 5.32 Å². The van der Waals surface area contributed by atoms with Crippen LogP contribution in [0.5, 0.6) is 0 Å². The summed E-state index contributed by atoms with van der Waals surface area (Å²) >= 11 is 0. The molecule has 1 atom stereocenters. The van der Waals surface area contributed by atoms with Crippen molar-refractivity contribution in [2.45, 2.75) is 25.3 Å². The molecule has 4 heteroatoms. The van der Waals surface area contributed by atoms with E-state index in [0.29, 0.717) is 5.92 Å². The van der Waals surface area contributed by atoms with Crippen LogP contribution >= 0.6 is 0 Å². The largest absolute Gasteiger partial charge is 0.373 e. The lowest BCUT2D eigenvalue weighted by Gasteiger charge is -2.32. The molecule has 0 amide bonds. The highest BCUT2D eigenvalue weighted by atomic mass is 15.1. The van der Waals surface area contributed by atoms with Crippen molar-refractivity contribution >= 4 is 5.82 Å². The number of hydrogen-bond acceptors (Lipinski definition) is 4. The zero-order chi connectivity index (χ0) is 14.5. The molecule has 3 heterocycles. The quantitative estimate of drug-likeness (QED) is 0.936. The SMILES string of the molecule is CNc1cccc(C2CCCN(Cc3ccncc3)C2)n1. The van der Waals surface area contributed by atoms with Gasteiger partial charge in [-0.2, -0.15) is 0 Å². The summed E-state index contributed by atoms with van der Waals surface area (Å²) in [6.07, 6.45) is 6.21. The van der Waals surface area contributed by atoms with Crippen LogP contribution in [0.15, 0.2) is 42.7 Å². The number of rotatable bonds is 4. The first-order valence-corrected chi connectivity index (χ1v) is 7.61. The van der Waals surface area contributed by atoms with Crippen molar-refractivity contribution in [3.05, 3.63) is 54.0 Å². The molecule has 0 radical (unpaired) electrons. The number of aromatic nitrogens is 2. The highest BCUT2D eigenvalue weighted by molar-refractivity contribution is 5.35. The molecule has 1 fully saturated rings. The van der Waals surface area contributed by atoms with Gasteiger partial charge >= 0.3 is 0 Å². The van der Waals surface area contributed by atoms with Gasteiger partial charge in [0.25, 0.3) is 0 Å². The van der Waals surface area contributed by atoms with Crippen LogP contribution in [0.25, 0.3) is 0 Å². The number of pyridine rings is 2. The monoisotopic (exact) mass is 282 g/mol. The Hall–Kier alpha value is -1.94. The van der Waals surface area contributed by atoms with E-state index in [1.54, 1.807) is 0 Å². The summed E-state index contributed by atoms with van der Waals surface area (Å²) < 4.78 is 0. The summed E-state index contributed by atoms with van der Waals surface area (Å²) in [4.78, 5) is 11.3. The van der Waals surface area contributed by atoms with E-state index >= 15 is 0 Å². The second kappa shape index (κ2) is 6.68. The van der Waals surface area contributed by atoms with Crippen LogP contribution in [0.1, 0.15) is 30.0 Å². The van der Waals surface area contributed by atoms with Gasteiger partial charge in [0.2, 0.25) is 0 Å². The van der Waals surface area contributed by atoms with Gasteiger partial charge in [-0.1, -0.05) is 6.07 Å². The Morgan fingerprint density at radius 2 is 2.10 bits per heavy atom. The molecule has 21 heavy (non-hydrogen) atoms. The smallest absolute Gasteiger partial charge is 0.125 e. The van der Waals surface area contributed by atoms with Crippen LogP contribution in [0, 0.1) is 0 Å². The number of hydrogen-bond donors (Lipinski definition) is 1. The van der Waals surface area contributed by atoms with Gasteiger partial charge in [-0.15, -0.1) is 0 Å². The molecule has 110 valence electrons. The molecule has 1 unspecified atom stereocenters. The van der Waals surface area contributed by atoms with Gasteiger partial charge in [0, 0.05) is 44.1 Å². The summed E-state index contributed by atoms with van der Waals surface area (Å²) in [5.41, 5.74) is 2.55. The summed E-state index contributed by atoms with van der Waals surface area (Å²) in [6.45, 7) is 3.26. The average Bonchev–Trinajstić information content (AvgIpc) is 2.56. The van der Waals surface area contributed by atoms with Gasteiger partial charge in [0.1, 0.15) is 5.82 Å². The molecule has 1 saturated heterocycles. The van der Waals surface area contributed by atoms with E-state index in [1.165, 1.54) is 30.6 Å². The maximum Gasteiger partial charge on any atom is 0.125 e. The summed E-state index contributed by atoms with van der Waals surface area (Å²) in [5, 5.41) is 3.13. The van der Waals surface area contributed by atoms with Gasteiger partial charge in [0.05, 0.1) is 0 Å². The van der Waals surface area contributed by atoms with Gasteiger partial charge in [0.15, 0.2) is 0 Å². The van der Waals surface area contributed by atoms with Crippen LogP contribution in [0.3, 0.4) is 0 Å². The van der Waals surface area contributed by atoms with Crippen molar-refractivity contribution in [1.82, 2.24) is 14.9 Å². The molecule has 0 saturated carbocycles. The Bertz CT molecular complexity index is 570. The number of piperidine rings is 1. The van der Waals surface area contributed by atoms with E-state index in [9.17, 15) is 0 Å². The van der Waals surface area contributed by atoms with Crippen LogP contribution < -0.4 is 5.32 Å². The van der Waals surface area contributed by atoms with E-state index in [1.807, 2.05) is 25.5 Å². The molecule has 4 nitrogen and oxygen atoms in total. The number of anilines is 1. The zero-order valence-electron chi connectivity index (χ0n) is 12.5. The molecule has 0 aromatic carbocycles. The van der Waals surface area contributed by atoms with Crippen molar-refractivity contribution < 1.29 is 0 Å². The van der Waals surface area contributed by atoms with Crippen molar-refractivity contribution in [2.75, 3.05) is 25.5 Å². The number of nitrogens with one attached hydrogen (secondary N) is 1. The number of likely N-dealkylation sites (tertiary alicyclic amines) is 1. The lowest BCUT2D eigenvalue weighted by Crippen LogP contribution is -2.34. The molecule has 2 aromatic rings. The minimum Gasteiger partial charge on any atom is -0.373 e. The fraction of sp³-hybridized carbons (Fsp3) is 0.412. The molecule has 0 aliphatic carbocycles. The lowest BCUT2D eigenvalue weighted by atomic mass is 9.94. The molecule has 2 aromatic heterocycles. The Morgan fingerprint density at radius 1 is 1.24 bits per heavy atom. The fourth-order valence-corrected chi connectivity index (χ4v) is 3.01. The van der Waals surface area contributed by atoms with E-state index in [2.05, 4.69) is 39.5 Å². The Morgan fingerprint density at radius 3 is 2.90 bits per heavy atom. The maximum atomic E-state index is 4.71. The molecule has 0 bridgehead atoms. The van der Waals surface area contributed by atoms with Crippen LogP contribution in [0.4, 0.5) is 5.82 Å². The molecular formula is C17H22N4. The first-order chi connectivity index (χ1) is 10.3. The normalized spacial score (nSPS) is 19.4. The molecule has 1 aliphatic rings. The van der Waals surface area contributed by atoms with Crippen molar-refractivity contribution in [3.8, 4) is 0 Å². The molecule has 1 N–H and O–H groups in total. The van der Waals surface area contributed by atoms with Gasteiger partial charge in [-0.05, 0) is 49.2 Å². The van der Waals surface area contributed by atoms with Crippen LogP contribution in [-0.4, -0.2) is 35.0 Å². The second-order valence-electron chi connectivity index (χ2n) is 5.63. The lowest BCUT2D eigenvalue weighted by molar-refractivity contribution is 0.198. The zero-order valence-corrected chi connectivity index (χ0v) is 12.5. The van der Waals surface area contributed by atoms with Crippen molar-refractivity contribution in [3.63, 3.8) is 0 Å². The van der Waals surface area contributed by atoms with E-state index in [0.717, 1.165) is 18.9 Å². The average molecular weight is 282 g/mol. The summed E-state index contributed by atoms with van der Waals surface area (Å²) in [6, 6.07) is 10.5. The van der Waals surface area contributed by atoms with E-state index in [-0.39, 0.29) is 0 Å². The van der Waals surface area contributed by atoms with Crippen molar-refractivity contribution in [2.24, 2.45) is 0 Å². The highest BCUT2D eigenvalue weighted by Crippen LogP contribution is 2.27. The topological polar surface area (TPSA) is 41.0 Å². The summed E-state index contributed by atoms with van der Waals surface area (Å²) in [7, 11) is 1.92. The third-order valence-corrected chi connectivity index (χ3v) is 4.11. The Balaban J connectivity index is 1.67. The van der Waals surface area contributed by atoms with E-state index in [4.69, 9.17) is 4.98 Å². The molecular weight excluding hydrogens is 260 g/mol. The summed E-state index contributed by atoms with van der Waals surface area (Å²) in [5.74, 6) is 1.49.